The maximum atomic E-state index is 11.7. The molecule has 0 bridgehead atoms. The highest BCUT2D eigenvalue weighted by atomic mass is 35.5. The molecule has 0 saturated carbocycles. The van der Waals surface area contributed by atoms with Crippen molar-refractivity contribution in [3.8, 4) is 0 Å². The molecule has 2 nitrogen and oxygen atoms in total. The number of hydrogen-bond donors (Lipinski definition) is 1. The number of halogens is 1. The number of carbonyl (C=O) groups is 1. The van der Waals surface area contributed by atoms with Crippen molar-refractivity contribution in [3.05, 3.63) is 47.0 Å². The van der Waals surface area contributed by atoms with Crippen molar-refractivity contribution in [2.24, 2.45) is 0 Å². The first-order valence-corrected chi connectivity index (χ1v) is 5.19. The molecule has 0 saturated heterocycles. The van der Waals surface area contributed by atoms with Crippen LogP contribution < -0.4 is 5.32 Å². The van der Waals surface area contributed by atoms with Crippen LogP contribution in [-0.2, 0) is 0 Å². The first-order chi connectivity index (χ1) is 7.16. The zero-order chi connectivity index (χ0) is 11.3. The van der Waals surface area contributed by atoms with Crippen molar-refractivity contribution in [2.45, 2.75) is 13.3 Å². The van der Waals surface area contributed by atoms with E-state index in [2.05, 4.69) is 11.9 Å². The van der Waals surface area contributed by atoms with Gasteiger partial charge in [0, 0.05) is 17.1 Å². The Kier molecular flexibility index (Phi) is 4.37. The van der Waals surface area contributed by atoms with Crippen molar-refractivity contribution in [1.29, 1.82) is 0 Å². The van der Waals surface area contributed by atoms with Crippen LogP contribution in [0.3, 0.4) is 0 Å². The summed E-state index contributed by atoms with van der Waals surface area (Å²) in [5.41, 5.74) is 1.45. The van der Waals surface area contributed by atoms with Gasteiger partial charge in [0.25, 0.3) is 5.91 Å². The van der Waals surface area contributed by atoms with E-state index in [1.165, 1.54) is 0 Å². The fourth-order valence-electron chi connectivity index (χ4n) is 1.24. The second-order valence-electron chi connectivity index (χ2n) is 3.25. The Hall–Kier alpha value is -1.28. The van der Waals surface area contributed by atoms with Crippen molar-refractivity contribution in [3.63, 3.8) is 0 Å². The van der Waals surface area contributed by atoms with Crippen LogP contribution in [0.4, 0.5) is 0 Å². The standard InChI is InChI=1S/C12H14ClNO/c1-3-4-8-14-12(15)10-6-5-7-11(13)9(10)2/h3,5-7H,1,4,8H2,2H3,(H,14,15). The van der Waals surface area contributed by atoms with Gasteiger partial charge in [-0.15, -0.1) is 6.58 Å². The van der Waals surface area contributed by atoms with E-state index in [4.69, 9.17) is 11.6 Å². The zero-order valence-electron chi connectivity index (χ0n) is 8.72. The Bertz CT molecular complexity index is 374. The average molecular weight is 224 g/mol. The molecular weight excluding hydrogens is 210 g/mol. The predicted octanol–water partition coefficient (Wildman–Crippen LogP) is 2.95. The third-order valence-corrected chi connectivity index (χ3v) is 2.56. The Morgan fingerprint density at radius 3 is 3.00 bits per heavy atom. The summed E-state index contributed by atoms with van der Waals surface area (Å²) in [5.74, 6) is -0.0862. The molecule has 1 N–H and O–H groups in total. The fourth-order valence-corrected chi connectivity index (χ4v) is 1.41. The minimum atomic E-state index is -0.0862. The molecule has 80 valence electrons. The van der Waals surface area contributed by atoms with Crippen molar-refractivity contribution >= 4 is 17.5 Å². The van der Waals surface area contributed by atoms with Crippen molar-refractivity contribution in [1.82, 2.24) is 5.32 Å². The van der Waals surface area contributed by atoms with Crippen molar-refractivity contribution in [2.75, 3.05) is 6.54 Å². The van der Waals surface area contributed by atoms with Gasteiger partial charge in [0.1, 0.15) is 0 Å². The van der Waals surface area contributed by atoms with Gasteiger partial charge in [-0.05, 0) is 31.0 Å². The minimum absolute atomic E-state index is 0.0862. The van der Waals surface area contributed by atoms with Gasteiger partial charge in [-0.3, -0.25) is 4.79 Å². The normalized spacial score (nSPS) is 9.73. The lowest BCUT2D eigenvalue weighted by molar-refractivity contribution is 0.0954. The number of amides is 1. The molecule has 1 amide bonds. The van der Waals surface area contributed by atoms with Gasteiger partial charge in [0.05, 0.1) is 0 Å². The molecule has 0 unspecified atom stereocenters. The fraction of sp³-hybridized carbons (Fsp3) is 0.250. The van der Waals surface area contributed by atoms with Crippen LogP contribution in [0, 0.1) is 6.92 Å². The largest absolute Gasteiger partial charge is 0.352 e. The molecule has 0 aliphatic carbocycles. The molecule has 0 aliphatic heterocycles. The summed E-state index contributed by atoms with van der Waals surface area (Å²) in [6.07, 6.45) is 2.54. The Morgan fingerprint density at radius 2 is 2.33 bits per heavy atom. The van der Waals surface area contributed by atoms with Gasteiger partial charge in [-0.1, -0.05) is 23.7 Å². The van der Waals surface area contributed by atoms with Crippen LogP contribution in [0.15, 0.2) is 30.9 Å². The summed E-state index contributed by atoms with van der Waals surface area (Å²) in [4.78, 5) is 11.7. The van der Waals surface area contributed by atoms with Gasteiger partial charge in [0.15, 0.2) is 0 Å². The molecule has 1 aromatic rings. The summed E-state index contributed by atoms with van der Waals surface area (Å²) < 4.78 is 0. The average Bonchev–Trinajstić information content (AvgIpc) is 2.22. The van der Waals surface area contributed by atoms with E-state index in [0.717, 1.165) is 12.0 Å². The maximum absolute atomic E-state index is 11.7. The highest BCUT2D eigenvalue weighted by molar-refractivity contribution is 6.31. The van der Waals surface area contributed by atoms with E-state index in [1.807, 2.05) is 6.92 Å². The lowest BCUT2D eigenvalue weighted by atomic mass is 10.1. The van der Waals surface area contributed by atoms with E-state index in [0.29, 0.717) is 17.1 Å². The lowest BCUT2D eigenvalue weighted by Crippen LogP contribution is -2.24. The van der Waals surface area contributed by atoms with Crippen LogP contribution in [0.25, 0.3) is 0 Å². The SMILES string of the molecule is C=CCCNC(=O)c1cccc(Cl)c1C. The molecule has 0 aliphatic rings. The van der Waals surface area contributed by atoms with Gasteiger partial charge < -0.3 is 5.32 Å². The van der Waals surface area contributed by atoms with E-state index in [1.54, 1.807) is 24.3 Å². The molecule has 0 aromatic heterocycles. The molecule has 1 aromatic carbocycles. The number of hydrogen-bond acceptors (Lipinski definition) is 1. The van der Waals surface area contributed by atoms with E-state index in [9.17, 15) is 4.79 Å². The molecular formula is C12H14ClNO. The third-order valence-electron chi connectivity index (χ3n) is 2.15. The van der Waals surface area contributed by atoms with E-state index in [-0.39, 0.29) is 5.91 Å². The number of carbonyl (C=O) groups excluding carboxylic acids is 1. The molecule has 0 radical (unpaired) electrons. The van der Waals surface area contributed by atoms with Gasteiger partial charge in [0.2, 0.25) is 0 Å². The van der Waals surface area contributed by atoms with Crippen LogP contribution in [0.1, 0.15) is 22.3 Å². The van der Waals surface area contributed by atoms with E-state index >= 15 is 0 Å². The second-order valence-corrected chi connectivity index (χ2v) is 3.65. The molecule has 15 heavy (non-hydrogen) atoms. The molecule has 0 spiro atoms. The van der Waals surface area contributed by atoms with Crippen LogP contribution in [0.2, 0.25) is 5.02 Å². The van der Waals surface area contributed by atoms with E-state index < -0.39 is 0 Å². The van der Waals surface area contributed by atoms with Crippen LogP contribution in [0.5, 0.6) is 0 Å². The summed E-state index contributed by atoms with van der Waals surface area (Å²) in [7, 11) is 0. The smallest absolute Gasteiger partial charge is 0.251 e. The Morgan fingerprint density at radius 1 is 1.60 bits per heavy atom. The van der Waals surface area contributed by atoms with Crippen LogP contribution in [-0.4, -0.2) is 12.5 Å². The van der Waals surface area contributed by atoms with Gasteiger partial charge in [-0.25, -0.2) is 0 Å². The number of rotatable bonds is 4. The molecule has 0 atom stereocenters. The molecule has 3 heteroatoms. The molecule has 1 rings (SSSR count). The monoisotopic (exact) mass is 223 g/mol. The highest BCUT2D eigenvalue weighted by Gasteiger charge is 2.09. The molecule has 0 heterocycles. The summed E-state index contributed by atoms with van der Waals surface area (Å²) in [6.45, 7) is 6.03. The predicted molar refractivity (Wildman–Crippen MR) is 63.3 cm³/mol. The van der Waals surface area contributed by atoms with Gasteiger partial charge >= 0.3 is 0 Å². The Labute approximate surface area is 94.9 Å². The quantitative estimate of drug-likeness (QED) is 0.617. The first-order valence-electron chi connectivity index (χ1n) is 4.81. The molecule has 0 fully saturated rings. The summed E-state index contributed by atoms with van der Waals surface area (Å²) in [6, 6.07) is 5.32. The van der Waals surface area contributed by atoms with Crippen LogP contribution >= 0.6 is 11.6 Å². The zero-order valence-corrected chi connectivity index (χ0v) is 9.47. The topological polar surface area (TPSA) is 29.1 Å². The van der Waals surface area contributed by atoms with Crippen molar-refractivity contribution < 1.29 is 4.79 Å². The maximum Gasteiger partial charge on any atom is 0.251 e. The summed E-state index contributed by atoms with van der Waals surface area (Å²) >= 11 is 5.92. The second kappa shape index (κ2) is 5.56. The van der Waals surface area contributed by atoms with Gasteiger partial charge in [-0.2, -0.15) is 0 Å². The first kappa shape index (κ1) is 11.8. The third kappa shape index (κ3) is 3.10. The number of nitrogens with one attached hydrogen (secondary N) is 1. The highest BCUT2D eigenvalue weighted by Crippen LogP contribution is 2.18. The number of benzene rings is 1. The minimum Gasteiger partial charge on any atom is -0.352 e. The summed E-state index contributed by atoms with van der Waals surface area (Å²) in [5, 5.41) is 3.42. The Balaban J connectivity index is 2.73. The lowest BCUT2D eigenvalue weighted by Gasteiger charge is -2.07.